The topological polar surface area (TPSA) is 68.8 Å². The maximum atomic E-state index is 6.03. The van der Waals surface area contributed by atoms with E-state index >= 15 is 0 Å². The van der Waals surface area contributed by atoms with E-state index in [1.54, 1.807) is 6.07 Å². The number of benzene rings is 1. The molecule has 1 aromatic carbocycles. The molecule has 3 N–H and O–H groups in total. The molecular formula is C12H16ClN5. The fourth-order valence-corrected chi connectivity index (χ4v) is 2.00. The van der Waals surface area contributed by atoms with Gasteiger partial charge in [-0.1, -0.05) is 17.7 Å². The van der Waals surface area contributed by atoms with E-state index in [1.165, 1.54) is 0 Å². The van der Waals surface area contributed by atoms with Crippen molar-refractivity contribution in [2.45, 2.75) is 20.4 Å². The molecule has 5 nitrogen and oxygen atoms in total. The Morgan fingerprint density at radius 3 is 2.78 bits per heavy atom. The van der Waals surface area contributed by atoms with Gasteiger partial charge in [-0.05, 0) is 26.0 Å². The number of aromatic nitrogens is 3. The molecule has 96 valence electrons. The summed E-state index contributed by atoms with van der Waals surface area (Å²) in [7, 11) is 0. The minimum Gasteiger partial charge on any atom is -0.397 e. The largest absolute Gasteiger partial charge is 0.397 e. The third-order valence-corrected chi connectivity index (χ3v) is 3.03. The summed E-state index contributed by atoms with van der Waals surface area (Å²) in [6.07, 6.45) is 0. The molecule has 0 amide bonds. The lowest BCUT2D eigenvalue weighted by Gasteiger charge is -2.10. The van der Waals surface area contributed by atoms with Crippen molar-refractivity contribution >= 4 is 23.2 Å². The Hall–Kier alpha value is -1.75. The molecule has 1 heterocycles. The van der Waals surface area contributed by atoms with Gasteiger partial charge in [-0.3, -0.25) is 4.57 Å². The molecule has 0 unspecified atom stereocenters. The van der Waals surface area contributed by atoms with Crippen LogP contribution in [0.3, 0.4) is 0 Å². The van der Waals surface area contributed by atoms with E-state index < -0.39 is 0 Å². The number of hydrogen-bond donors (Lipinski definition) is 2. The fourth-order valence-electron chi connectivity index (χ4n) is 1.82. The molecule has 0 aliphatic carbocycles. The van der Waals surface area contributed by atoms with Crippen molar-refractivity contribution in [1.29, 1.82) is 0 Å². The average molecular weight is 266 g/mol. The molecule has 0 saturated carbocycles. The van der Waals surface area contributed by atoms with Crippen LogP contribution in [0, 0.1) is 0 Å². The molecular weight excluding hydrogens is 250 g/mol. The number of para-hydroxylation sites is 1. The minimum absolute atomic E-state index is 0.531. The van der Waals surface area contributed by atoms with Crippen molar-refractivity contribution < 1.29 is 0 Å². The summed E-state index contributed by atoms with van der Waals surface area (Å²) >= 11 is 6.03. The van der Waals surface area contributed by atoms with Crippen LogP contribution in [0.2, 0.25) is 5.02 Å². The second kappa shape index (κ2) is 5.27. The van der Waals surface area contributed by atoms with Crippen molar-refractivity contribution in [3.05, 3.63) is 23.2 Å². The molecule has 18 heavy (non-hydrogen) atoms. The molecule has 0 saturated heterocycles. The Bertz CT molecular complexity index is 549. The molecule has 0 radical (unpaired) electrons. The molecule has 0 aliphatic heterocycles. The van der Waals surface area contributed by atoms with Crippen molar-refractivity contribution in [1.82, 2.24) is 14.8 Å². The first-order valence-electron chi connectivity index (χ1n) is 5.90. The number of nitrogens with zero attached hydrogens (tertiary/aromatic N) is 3. The van der Waals surface area contributed by atoms with Gasteiger partial charge in [0.25, 0.3) is 0 Å². The summed E-state index contributed by atoms with van der Waals surface area (Å²) < 4.78 is 1.98. The second-order valence-corrected chi connectivity index (χ2v) is 4.23. The second-order valence-electron chi connectivity index (χ2n) is 3.82. The number of hydrogen-bond acceptors (Lipinski definition) is 4. The standard InChI is InChI=1S/C12H16ClN5/c1-3-15-12-17-16-11(18(12)4-2)8-6-5-7-9(13)10(8)14/h5-7H,3-4,14H2,1-2H3,(H,15,17). The number of rotatable bonds is 4. The monoisotopic (exact) mass is 265 g/mol. The van der Waals surface area contributed by atoms with Gasteiger partial charge in [0.05, 0.1) is 10.7 Å². The summed E-state index contributed by atoms with van der Waals surface area (Å²) in [5, 5.41) is 12.0. The van der Waals surface area contributed by atoms with E-state index in [-0.39, 0.29) is 0 Å². The zero-order valence-electron chi connectivity index (χ0n) is 10.4. The number of nitrogens with two attached hydrogens (primary N) is 1. The Morgan fingerprint density at radius 2 is 2.11 bits per heavy atom. The van der Waals surface area contributed by atoms with Crippen LogP contribution in [0.25, 0.3) is 11.4 Å². The smallest absolute Gasteiger partial charge is 0.224 e. The SMILES string of the molecule is CCNc1nnc(-c2cccc(Cl)c2N)n1CC. The van der Waals surface area contributed by atoms with Crippen LogP contribution < -0.4 is 11.1 Å². The first kappa shape index (κ1) is 12.7. The summed E-state index contributed by atoms with van der Waals surface area (Å²) in [6.45, 7) is 5.61. The molecule has 2 rings (SSSR count). The number of halogens is 1. The summed E-state index contributed by atoms with van der Waals surface area (Å²) in [4.78, 5) is 0. The van der Waals surface area contributed by atoms with Crippen LogP contribution in [0.5, 0.6) is 0 Å². The van der Waals surface area contributed by atoms with Crippen molar-refractivity contribution in [3.8, 4) is 11.4 Å². The van der Waals surface area contributed by atoms with Gasteiger partial charge in [0.15, 0.2) is 5.82 Å². The number of nitrogen functional groups attached to an aromatic ring is 1. The van der Waals surface area contributed by atoms with Crippen LogP contribution in [0.15, 0.2) is 18.2 Å². The highest BCUT2D eigenvalue weighted by molar-refractivity contribution is 6.33. The van der Waals surface area contributed by atoms with Gasteiger partial charge in [-0.15, -0.1) is 10.2 Å². The lowest BCUT2D eigenvalue weighted by molar-refractivity contribution is 0.770. The molecule has 2 aromatic rings. The van der Waals surface area contributed by atoms with E-state index in [1.807, 2.05) is 30.5 Å². The van der Waals surface area contributed by atoms with Gasteiger partial charge in [0, 0.05) is 18.7 Å². The van der Waals surface area contributed by atoms with Crippen molar-refractivity contribution in [3.63, 3.8) is 0 Å². The van der Waals surface area contributed by atoms with E-state index in [0.29, 0.717) is 10.7 Å². The minimum atomic E-state index is 0.531. The van der Waals surface area contributed by atoms with Crippen LogP contribution in [-0.4, -0.2) is 21.3 Å². The third kappa shape index (κ3) is 2.13. The highest BCUT2D eigenvalue weighted by Gasteiger charge is 2.15. The summed E-state index contributed by atoms with van der Waals surface area (Å²) in [5.41, 5.74) is 7.33. The van der Waals surface area contributed by atoms with E-state index in [4.69, 9.17) is 17.3 Å². The molecule has 0 atom stereocenters. The predicted molar refractivity (Wildman–Crippen MR) is 74.7 cm³/mol. The van der Waals surface area contributed by atoms with Gasteiger partial charge >= 0.3 is 0 Å². The third-order valence-electron chi connectivity index (χ3n) is 2.70. The molecule has 0 aliphatic rings. The summed E-state index contributed by atoms with van der Waals surface area (Å²) in [5.74, 6) is 1.47. The first-order chi connectivity index (χ1) is 8.69. The predicted octanol–water partition coefficient (Wildman–Crippen LogP) is 2.63. The van der Waals surface area contributed by atoms with Crippen LogP contribution in [-0.2, 0) is 6.54 Å². The Kier molecular flexibility index (Phi) is 3.72. The Labute approximate surface area is 111 Å². The van der Waals surface area contributed by atoms with Gasteiger partial charge in [0.1, 0.15) is 0 Å². The molecule has 6 heteroatoms. The van der Waals surface area contributed by atoms with Gasteiger partial charge in [-0.2, -0.15) is 0 Å². The van der Waals surface area contributed by atoms with Gasteiger partial charge in [-0.25, -0.2) is 0 Å². The molecule has 0 spiro atoms. The zero-order chi connectivity index (χ0) is 13.1. The molecule has 1 aromatic heterocycles. The highest BCUT2D eigenvalue weighted by atomic mass is 35.5. The lowest BCUT2D eigenvalue weighted by Crippen LogP contribution is -2.07. The number of nitrogens with one attached hydrogen (secondary N) is 1. The Balaban J connectivity index is 2.53. The highest BCUT2D eigenvalue weighted by Crippen LogP contribution is 2.31. The normalized spacial score (nSPS) is 10.6. The average Bonchev–Trinajstić information content (AvgIpc) is 2.76. The maximum absolute atomic E-state index is 6.03. The maximum Gasteiger partial charge on any atom is 0.224 e. The van der Waals surface area contributed by atoms with E-state index in [9.17, 15) is 0 Å². The molecule has 0 bridgehead atoms. The van der Waals surface area contributed by atoms with E-state index in [0.717, 1.165) is 30.4 Å². The number of anilines is 2. The van der Waals surface area contributed by atoms with Crippen molar-refractivity contribution in [2.24, 2.45) is 0 Å². The quantitative estimate of drug-likeness (QED) is 0.834. The van der Waals surface area contributed by atoms with E-state index in [2.05, 4.69) is 15.5 Å². The van der Waals surface area contributed by atoms with Gasteiger partial charge in [0.2, 0.25) is 5.95 Å². The molecule has 0 fully saturated rings. The first-order valence-corrected chi connectivity index (χ1v) is 6.28. The van der Waals surface area contributed by atoms with Crippen molar-refractivity contribution in [2.75, 3.05) is 17.6 Å². The summed E-state index contributed by atoms with van der Waals surface area (Å²) in [6, 6.07) is 5.51. The van der Waals surface area contributed by atoms with Crippen LogP contribution in [0.4, 0.5) is 11.6 Å². The fraction of sp³-hybridized carbons (Fsp3) is 0.333. The van der Waals surface area contributed by atoms with Crippen LogP contribution >= 0.6 is 11.6 Å². The zero-order valence-corrected chi connectivity index (χ0v) is 11.2. The Morgan fingerprint density at radius 1 is 1.33 bits per heavy atom. The lowest BCUT2D eigenvalue weighted by atomic mass is 10.1. The van der Waals surface area contributed by atoms with Gasteiger partial charge < -0.3 is 11.1 Å². The van der Waals surface area contributed by atoms with Crippen LogP contribution in [0.1, 0.15) is 13.8 Å².